The fourth-order valence-electron chi connectivity index (χ4n) is 2.76. The van der Waals surface area contributed by atoms with Crippen molar-refractivity contribution < 1.29 is 25.8 Å². The minimum atomic E-state index is -3.62. The first-order chi connectivity index (χ1) is 14.5. The summed E-state index contributed by atoms with van der Waals surface area (Å²) in [5, 5.41) is 4.53. The average Bonchev–Trinajstić information content (AvgIpc) is 3.03. The zero-order valence-electron chi connectivity index (χ0n) is 16.4. The van der Waals surface area contributed by atoms with E-state index < -0.39 is 20.1 Å². The highest BCUT2D eigenvalue weighted by atomic mass is 79.9. The Morgan fingerprint density at radius 2 is 1.94 bits per heavy atom. The van der Waals surface area contributed by atoms with E-state index in [1.165, 1.54) is 6.20 Å². The van der Waals surface area contributed by atoms with Crippen LogP contribution in [0.15, 0.2) is 35.1 Å². The Morgan fingerprint density at radius 3 is 2.58 bits per heavy atom. The van der Waals surface area contributed by atoms with Crippen molar-refractivity contribution in [3.05, 3.63) is 46.5 Å². The number of nitrogens with zero attached hydrogens (tertiary/aromatic N) is 4. The zero-order chi connectivity index (χ0) is 22.8. The molecular formula is C18H17BrN4O6S2. The minimum absolute atomic E-state index is 0.0455. The molecule has 1 aromatic carbocycles. The van der Waals surface area contributed by atoms with Crippen molar-refractivity contribution in [1.29, 1.82) is 0 Å². The molecule has 2 aromatic heterocycles. The Labute approximate surface area is 187 Å². The van der Waals surface area contributed by atoms with E-state index in [0.717, 1.165) is 16.6 Å². The summed E-state index contributed by atoms with van der Waals surface area (Å²) in [6.45, 7) is 7.49. The smallest absolute Gasteiger partial charge is 0.264 e. The van der Waals surface area contributed by atoms with E-state index in [9.17, 15) is 16.8 Å². The van der Waals surface area contributed by atoms with E-state index in [1.807, 2.05) is 0 Å². The van der Waals surface area contributed by atoms with E-state index in [1.54, 1.807) is 24.3 Å². The number of fused-ring (bicyclic) bond motifs is 1. The van der Waals surface area contributed by atoms with E-state index in [4.69, 9.17) is 11.3 Å². The Kier molecular flexibility index (Phi) is 6.65. The normalized spacial score (nSPS) is 12.1. The lowest BCUT2D eigenvalue weighted by Crippen LogP contribution is -2.11. The van der Waals surface area contributed by atoms with Gasteiger partial charge in [0.2, 0.25) is 5.69 Å². The molecule has 13 heteroatoms. The quantitative estimate of drug-likeness (QED) is 0.248. The Hall–Kier alpha value is -2.53. The number of aromatic nitrogens is 3. The van der Waals surface area contributed by atoms with Gasteiger partial charge in [-0.2, -0.15) is 12.5 Å². The molecule has 0 aliphatic rings. The summed E-state index contributed by atoms with van der Waals surface area (Å²) in [5.74, 6) is 0.287. The summed E-state index contributed by atoms with van der Waals surface area (Å²) in [5.41, 5.74) is 1.54. The summed E-state index contributed by atoms with van der Waals surface area (Å²) in [6, 6.07) is 6.65. The number of pyridine rings is 1. The van der Waals surface area contributed by atoms with Gasteiger partial charge >= 0.3 is 0 Å². The van der Waals surface area contributed by atoms with E-state index >= 15 is 0 Å². The van der Waals surface area contributed by atoms with Crippen LogP contribution in [0.5, 0.6) is 5.75 Å². The van der Waals surface area contributed by atoms with Crippen molar-refractivity contribution in [2.45, 2.75) is 6.42 Å². The SMILES string of the molecule is [C-]#[N+]c1cccc(-c2cc3c(Br)nn(S(C)(=O)=O)c3cn2)c1OCCCOS(C)(=O)=O. The standard InChI is InChI=1S/C18H17BrN4O6S2/c1-20-14-7-4-6-12(17(14)28-8-5-9-29-31(3,26)27)15-10-13-16(11-21-15)23(22-18(13)19)30(2,24)25/h4,6-7,10-11H,5,8-9H2,2-3H3. The van der Waals surface area contributed by atoms with Gasteiger partial charge in [-0.05, 0) is 22.0 Å². The van der Waals surface area contributed by atoms with Crippen LogP contribution in [-0.2, 0) is 24.3 Å². The summed E-state index contributed by atoms with van der Waals surface area (Å²) in [7, 11) is -7.15. The third kappa shape index (κ3) is 5.40. The number of para-hydroxylation sites is 1. The minimum Gasteiger partial charge on any atom is -0.504 e. The maximum Gasteiger partial charge on any atom is 0.264 e. The third-order valence-electron chi connectivity index (χ3n) is 4.03. The summed E-state index contributed by atoms with van der Waals surface area (Å²) in [4.78, 5) is 7.82. The van der Waals surface area contributed by atoms with Gasteiger partial charge in [0.05, 0.1) is 44.2 Å². The number of rotatable bonds is 8. The molecule has 31 heavy (non-hydrogen) atoms. The molecule has 0 radical (unpaired) electrons. The molecular weight excluding hydrogens is 512 g/mol. The van der Waals surface area contributed by atoms with Gasteiger partial charge in [0.15, 0.2) is 0 Å². The number of benzene rings is 1. The lowest BCUT2D eigenvalue weighted by Gasteiger charge is -2.13. The average molecular weight is 529 g/mol. The molecule has 164 valence electrons. The predicted octanol–water partition coefficient (Wildman–Crippen LogP) is 2.96. The summed E-state index contributed by atoms with van der Waals surface area (Å²) < 4.78 is 57.6. The van der Waals surface area contributed by atoms with Crippen LogP contribution in [0, 0.1) is 6.57 Å². The maximum atomic E-state index is 11.9. The number of hydrogen-bond acceptors (Lipinski definition) is 8. The molecule has 0 saturated carbocycles. The summed E-state index contributed by atoms with van der Waals surface area (Å²) in [6.07, 6.45) is 3.68. The van der Waals surface area contributed by atoms with Gasteiger partial charge in [-0.3, -0.25) is 9.17 Å². The molecule has 0 spiro atoms. The first-order valence-electron chi connectivity index (χ1n) is 8.74. The van der Waals surface area contributed by atoms with Crippen LogP contribution in [0.1, 0.15) is 6.42 Å². The van der Waals surface area contributed by atoms with Gasteiger partial charge in [0.25, 0.3) is 20.1 Å². The monoisotopic (exact) mass is 528 g/mol. The molecule has 10 nitrogen and oxygen atoms in total. The second-order valence-corrected chi connectivity index (χ2v) is 10.7. The number of halogens is 1. The molecule has 2 heterocycles. The Balaban J connectivity index is 1.96. The van der Waals surface area contributed by atoms with Crippen molar-refractivity contribution in [3.8, 4) is 17.0 Å². The molecule has 3 rings (SSSR count). The first-order valence-corrected chi connectivity index (χ1v) is 13.2. The van der Waals surface area contributed by atoms with E-state index in [0.29, 0.717) is 26.8 Å². The van der Waals surface area contributed by atoms with Crippen molar-refractivity contribution in [2.75, 3.05) is 25.7 Å². The second-order valence-electron chi connectivity index (χ2n) is 6.48. The fourth-order valence-corrected chi connectivity index (χ4v) is 4.50. The fraction of sp³-hybridized carbons (Fsp3) is 0.278. The lowest BCUT2D eigenvalue weighted by molar-refractivity contribution is 0.253. The summed E-state index contributed by atoms with van der Waals surface area (Å²) >= 11 is 3.27. The van der Waals surface area contributed by atoms with Crippen molar-refractivity contribution in [3.63, 3.8) is 0 Å². The molecule has 0 amide bonds. The molecule has 0 fully saturated rings. The van der Waals surface area contributed by atoms with Crippen molar-refractivity contribution in [1.82, 2.24) is 14.2 Å². The maximum absolute atomic E-state index is 11.9. The van der Waals surface area contributed by atoms with Crippen LogP contribution in [0.2, 0.25) is 0 Å². The molecule has 0 aliphatic heterocycles. The van der Waals surface area contributed by atoms with E-state index in [-0.39, 0.29) is 31.1 Å². The Bertz CT molecular complexity index is 1390. The van der Waals surface area contributed by atoms with Crippen LogP contribution in [0.3, 0.4) is 0 Å². The molecule has 0 unspecified atom stereocenters. The largest absolute Gasteiger partial charge is 0.504 e. The lowest BCUT2D eigenvalue weighted by atomic mass is 10.1. The third-order valence-corrected chi connectivity index (χ3v) is 6.11. The van der Waals surface area contributed by atoms with Gasteiger partial charge in [-0.15, -0.1) is 5.10 Å². The van der Waals surface area contributed by atoms with Crippen LogP contribution in [0.25, 0.3) is 27.0 Å². The van der Waals surface area contributed by atoms with Gasteiger partial charge in [-0.25, -0.2) is 13.3 Å². The van der Waals surface area contributed by atoms with Gasteiger partial charge < -0.3 is 4.74 Å². The van der Waals surface area contributed by atoms with E-state index in [2.05, 4.69) is 35.0 Å². The molecule has 0 aliphatic carbocycles. The number of hydrogen-bond donors (Lipinski definition) is 0. The van der Waals surface area contributed by atoms with Crippen LogP contribution < -0.4 is 4.74 Å². The van der Waals surface area contributed by atoms with Crippen molar-refractivity contribution >= 4 is 52.7 Å². The number of ether oxygens (including phenoxy) is 1. The highest BCUT2D eigenvalue weighted by Crippen LogP contribution is 2.39. The molecule has 0 atom stereocenters. The topological polar surface area (TPSA) is 122 Å². The van der Waals surface area contributed by atoms with Crippen LogP contribution in [0.4, 0.5) is 5.69 Å². The van der Waals surface area contributed by atoms with Crippen LogP contribution >= 0.6 is 15.9 Å². The Morgan fingerprint density at radius 1 is 1.19 bits per heavy atom. The molecule has 0 N–H and O–H groups in total. The van der Waals surface area contributed by atoms with Crippen LogP contribution in [-0.4, -0.2) is 56.7 Å². The highest BCUT2D eigenvalue weighted by molar-refractivity contribution is 9.10. The molecule has 3 aromatic rings. The van der Waals surface area contributed by atoms with Gasteiger partial charge in [0.1, 0.15) is 15.9 Å². The highest BCUT2D eigenvalue weighted by Gasteiger charge is 2.19. The second kappa shape index (κ2) is 8.91. The zero-order valence-corrected chi connectivity index (χ0v) is 19.7. The first kappa shape index (κ1) is 23.1. The molecule has 0 bridgehead atoms. The van der Waals surface area contributed by atoms with Crippen molar-refractivity contribution in [2.24, 2.45) is 0 Å². The predicted molar refractivity (Wildman–Crippen MR) is 118 cm³/mol. The molecule has 0 saturated heterocycles. The van der Waals surface area contributed by atoms with Gasteiger partial charge in [-0.1, -0.05) is 18.2 Å². The van der Waals surface area contributed by atoms with Gasteiger partial charge in [0, 0.05) is 17.4 Å².